The van der Waals surface area contributed by atoms with Gasteiger partial charge in [0, 0.05) is 0 Å². The maximum Gasteiger partial charge on any atom is 2.00 e. The normalized spacial score (nSPS) is 21.6. The van der Waals surface area contributed by atoms with Crippen LogP contribution < -0.4 is 0 Å². The fourth-order valence-electron chi connectivity index (χ4n) is 0. The molecule has 0 bridgehead atoms. The Morgan fingerprint density at radius 3 is 0.333 bits per heavy atom. The Kier molecular flexibility index (Phi) is 13.5. The van der Waals surface area contributed by atoms with Gasteiger partial charge in [-0.3, -0.25) is 0 Å². The van der Waals surface area contributed by atoms with Crippen molar-refractivity contribution in [3.05, 3.63) is 0 Å². The van der Waals surface area contributed by atoms with Gasteiger partial charge in [-0.2, -0.15) is 0 Å². The van der Waals surface area contributed by atoms with Crippen LogP contribution in [0.25, 0.3) is 0 Å². The third-order valence-electron chi connectivity index (χ3n) is 0. The first-order chi connectivity index (χ1) is 4.90. The van der Waals surface area contributed by atoms with E-state index in [9.17, 15) is 0 Å². The molecule has 0 nitrogen and oxygen atoms in total. The van der Waals surface area contributed by atoms with Gasteiger partial charge >= 0.3 is 194 Å². The SMILES string of the molecule is [Br][Sb-]([Br])([Br])([Br])([Br])[Br].[Br][Sb-]([Br])([Br])([Br])([Br])[Br].[Ca+2]. The second kappa shape index (κ2) is 7.11. The van der Waals surface area contributed by atoms with Crippen LogP contribution in [0.3, 0.4) is 0 Å². The Morgan fingerprint density at radius 2 is 0.333 bits per heavy atom. The van der Waals surface area contributed by atoms with Gasteiger partial charge < -0.3 is 0 Å². The van der Waals surface area contributed by atoms with E-state index in [1.807, 2.05) is 0 Å². The summed E-state index contributed by atoms with van der Waals surface area (Å²) in [7, 11) is 0. The summed E-state index contributed by atoms with van der Waals surface area (Å²) in [5.41, 5.74) is 0. The average Bonchev–Trinajstić information content (AvgIpc) is 0.938. The second-order valence-electron chi connectivity index (χ2n) is 1.92. The minimum Gasteiger partial charge on any atom is 2.00 e. The quantitative estimate of drug-likeness (QED) is 0.213. The van der Waals surface area contributed by atoms with Crippen molar-refractivity contribution in [3.8, 4) is 0 Å². The second-order valence-corrected chi connectivity index (χ2v) is 347. The Morgan fingerprint density at radius 1 is 0.333 bits per heavy atom. The van der Waals surface area contributed by atoms with Crippen molar-refractivity contribution in [2.24, 2.45) is 0 Å². The van der Waals surface area contributed by atoms with Crippen LogP contribution in [0.4, 0.5) is 0 Å². The molecule has 0 aromatic heterocycles. The van der Waals surface area contributed by atoms with Crippen LogP contribution in [0, 0.1) is 0 Å². The first-order valence-electron chi connectivity index (χ1n) is 2.03. The average molecular weight is 1240 g/mol. The van der Waals surface area contributed by atoms with Gasteiger partial charge in [0.1, 0.15) is 0 Å². The monoisotopic (exact) mass is 1230 g/mol. The number of hydrogen-bond acceptors (Lipinski definition) is 0. The molecule has 0 saturated heterocycles. The van der Waals surface area contributed by atoms with Crippen molar-refractivity contribution >= 4 is 194 Å². The molecule has 0 unspecified atom stereocenters. The summed E-state index contributed by atoms with van der Waals surface area (Å²) >= 11 is 40.3. The molecule has 0 aliphatic carbocycles. The van der Waals surface area contributed by atoms with Crippen molar-refractivity contribution in [2.75, 3.05) is 0 Å². The fourth-order valence-corrected chi connectivity index (χ4v) is 0. The predicted octanol–water partition coefficient (Wildman–Crippen LogP) is 9.00. The van der Waals surface area contributed by atoms with E-state index in [-0.39, 0.29) is 37.7 Å². The molecule has 0 fully saturated rings. The minimum absolute atomic E-state index is 0. The number of rotatable bonds is 0. The molecule has 0 N–H and O–H groups in total. The molecule has 15 heteroatoms. The van der Waals surface area contributed by atoms with Crippen molar-refractivity contribution in [1.29, 1.82) is 0 Å². The molecule has 0 heterocycles. The summed E-state index contributed by atoms with van der Waals surface area (Å²) in [6, 6.07) is 0. The molecule has 0 aromatic rings. The number of halogens is 12. The van der Waals surface area contributed by atoms with E-state index in [1.165, 1.54) is 0 Å². The van der Waals surface area contributed by atoms with Crippen LogP contribution in [-0.2, 0) is 0 Å². The van der Waals surface area contributed by atoms with Crippen LogP contribution in [0.1, 0.15) is 0 Å². The minimum atomic E-state index is -3.38. The molecule has 0 radical (unpaired) electrons. The maximum atomic E-state index is 3.36. The van der Waals surface area contributed by atoms with Crippen LogP contribution in [-0.4, -0.2) is 42.7 Å². The van der Waals surface area contributed by atoms with E-state index < -0.39 is 4.98 Å². The summed E-state index contributed by atoms with van der Waals surface area (Å²) in [5.74, 6) is 0. The molecule has 0 spiro atoms. The van der Waals surface area contributed by atoms with Gasteiger partial charge in [0.15, 0.2) is 0 Å². The van der Waals surface area contributed by atoms with Crippen molar-refractivity contribution in [3.63, 3.8) is 0 Å². The molecule has 0 rings (SSSR count). The molecule has 0 aromatic carbocycles. The van der Waals surface area contributed by atoms with Crippen molar-refractivity contribution < 1.29 is 0 Å². The van der Waals surface area contributed by atoms with Crippen LogP contribution in [0.5, 0.6) is 0 Å². The van der Waals surface area contributed by atoms with Crippen LogP contribution in [0.2, 0.25) is 0 Å². The third-order valence-corrected chi connectivity index (χ3v) is 0. The molecule has 0 atom stereocenters. The van der Waals surface area contributed by atoms with Gasteiger partial charge in [-0.25, -0.2) is 0 Å². The Balaban J connectivity index is -0.000000180. The maximum absolute atomic E-state index is 3.38. The zero-order chi connectivity index (χ0) is 12.8. The summed E-state index contributed by atoms with van der Waals surface area (Å²) < 4.78 is -6.75. The molecular formula is Br12CaSb2. The summed E-state index contributed by atoms with van der Waals surface area (Å²) in [6.07, 6.45) is 0. The fraction of sp³-hybridized carbons (Fsp3) is 0. The van der Waals surface area contributed by atoms with Gasteiger partial charge in [-0.1, -0.05) is 0 Å². The van der Waals surface area contributed by atoms with E-state index in [2.05, 4.69) is 151 Å². The molecule has 0 aliphatic heterocycles. The Hall–Kier alpha value is 8.66. The van der Waals surface area contributed by atoms with E-state index in [0.717, 1.165) is 0 Å². The van der Waals surface area contributed by atoms with Gasteiger partial charge in [-0.05, 0) is 0 Å². The van der Waals surface area contributed by atoms with E-state index in [4.69, 9.17) is 0 Å². The van der Waals surface area contributed by atoms with E-state index in [0.29, 0.717) is 0 Å². The van der Waals surface area contributed by atoms with Gasteiger partial charge in [0.05, 0.1) is 0 Å². The third kappa shape index (κ3) is 129. The first-order valence-corrected chi connectivity index (χ1v) is 70.7. The van der Waals surface area contributed by atoms with Gasteiger partial charge in [-0.15, -0.1) is 0 Å². The zero-order valence-corrected chi connectivity index (χ0v) is 32.5. The molecule has 0 saturated carbocycles. The Labute approximate surface area is 186 Å². The summed E-state index contributed by atoms with van der Waals surface area (Å²) in [4.78, 5) is 0. The largest absolute Gasteiger partial charge is 2.00 e. The Bertz CT molecular complexity index is 161. The first kappa shape index (κ1) is 28.5. The molecule has 0 aliphatic rings. The predicted molar refractivity (Wildman–Crippen MR) is 124 cm³/mol. The summed E-state index contributed by atoms with van der Waals surface area (Å²) in [5, 5.41) is 0. The van der Waals surface area contributed by atoms with E-state index in [1.54, 1.807) is 0 Å². The molecule has 0 amide bonds. The smallest absolute Gasteiger partial charge is 2.00 e. The molecule has 96 valence electrons. The van der Waals surface area contributed by atoms with Crippen molar-refractivity contribution in [1.82, 2.24) is 0 Å². The van der Waals surface area contributed by atoms with Crippen molar-refractivity contribution in [2.45, 2.75) is 0 Å². The number of hydrogen-bond donors (Lipinski definition) is 0. The molecule has 15 heavy (non-hydrogen) atoms. The van der Waals surface area contributed by atoms with Gasteiger partial charge in [0.25, 0.3) is 0 Å². The topological polar surface area (TPSA) is 0 Å². The van der Waals surface area contributed by atoms with Crippen LogP contribution >= 0.6 is 151 Å². The summed E-state index contributed by atoms with van der Waals surface area (Å²) in [6.45, 7) is 0. The van der Waals surface area contributed by atoms with Gasteiger partial charge in [0.2, 0.25) is 0 Å². The zero-order valence-electron chi connectivity index (χ0n) is 6.14. The molecular weight excluding hydrogens is 1240 g/mol. The standard InChI is InChI=1S/12BrH.Ca.2Sb/h12*1H;;;/q;;;;;;;;;;;;+2;2*+5/p-12. The van der Waals surface area contributed by atoms with Crippen LogP contribution in [0.15, 0.2) is 0 Å². The van der Waals surface area contributed by atoms with E-state index >= 15 is 0 Å².